The van der Waals surface area contributed by atoms with Crippen molar-refractivity contribution in [3.05, 3.63) is 35.1 Å². The number of ether oxygens (including phenoxy) is 1. The number of aromatic nitrogens is 3. The summed E-state index contributed by atoms with van der Waals surface area (Å²) in [6.45, 7) is 5.27. The number of hydrogen-bond acceptors (Lipinski definition) is 7. The molecular formula is C18H19ClN4O3. The van der Waals surface area contributed by atoms with E-state index in [0.717, 1.165) is 5.69 Å². The lowest BCUT2D eigenvalue weighted by molar-refractivity contribution is -0.00531. The molecule has 0 saturated carbocycles. The Kier molecular flexibility index (Phi) is 4.52. The molecule has 1 aliphatic heterocycles. The number of anilines is 1. The molecule has 2 atom stereocenters. The van der Waals surface area contributed by atoms with Crippen molar-refractivity contribution in [1.82, 2.24) is 15.1 Å². The van der Waals surface area contributed by atoms with E-state index in [1.807, 2.05) is 19.9 Å². The van der Waals surface area contributed by atoms with Crippen molar-refractivity contribution in [2.45, 2.75) is 32.7 Å². The Balaban J connectivity index is 1.86. The molecule has 0 bridgehead atoms. The molecule has 1 saturated heterocycles. The zero-order valence-corrected chi connectivity index (χ0v) is 15.3. The monoisotopic (exact) mass is 374 g/mol. The van der Waals surface area contributed by atoms with Crippen LogP contribution in [-0.4, -0.2) is 45.5 Å². The van der Waals surface area contributed by atoms with Crippen molar-refractivity contribution < 1.29 is 14.4 Å². The highest BCUT2D eigenvalue weighted by Crippen LogP contribution is 2.41. The van der Waals surface area contributed by atoms with Gasteiger partial charge in [-0.3, -0.25) is 0 Å². The number of aliphatic hydroxyl groups is 1. The molecule has 3 heterocycles. The van der Waals surface area contributed by atoms with E-state index in [4.69, 9.17) is 20.9 Å². The normalized spacial score (nSPS) is 20.7. The van der Waals surface area contributed by atoms with Crippen LogP contribution in [0, 0.1) is 0 Å². The smallest absolute Gasteiger partial charge is 0.188 e. The van der Waals surface area contributed by atoms with Gasteiger partial charge >= 0.3 is 0 Å². The number of morpholine rings is 1. The molecule has 0 spiro atoms. The average molecular weight is 375 g/mol. The van der Waals surface area contributed by atoms with Gasteiger partial charge in [-0.2, -0.15) is 0 Å². The fourth-order valence-corrected chi connectivity index (χ4v) is 3.86. The zero-order valence-electron chi connectivity index (χ0n) is 14.5. The van der Waals surface area contributed by atoms with Gasteiger partial charge in [-0.05, 0) is 26.0 Å². The quantitative estimate of drug-likeness (QED) is 0.754. The number of fused-ring (bicyclic) bond motifs is 1. The third kappa shape index (κ3) is 2.92. The largest absolute Gasteiger partial charge is 0.392 e. The molecule has 1 aliphatic rings. The maximum absolute atomic E-state index is 9.96. The molecule has 7 nitrogen and oxygen atoms in total. The van der Waals surface area contributed by atoms with Gasteiger partial charge in [0.15, 0.2) is 17.1 Å². The summed E-state index contributed by atoms with van der Waals surface area (Å²) in [5.74, 6) is 0.451. The molecule has 2 aromatic heterocycles. The standard InChI is InChI=1S/C18H19ClN4O3/c1-10-7-23(8-11(2)25-10)16-12(9-24)6-13-15(18-20-4-3-5-21-18)22-26-17(13)14(16)19/h3-6,10-11,24H,7-9H2,1-2H3. The highest BCUT2D eigenvalue weighted by molar-refractivity contribution is 6.38. The summed E-state index contributed by atoms with van der Waals surface area (Å²) in [6, 6.07) is 3.58. The van der Waals surface area contributed by atoms with Gasteiger partial charge in [-0.25, -0.2) is 9.97 Å². The van der Waals surface area contributed by atoms with E-state index in [0.29, 0.717) is 46.2 Å². The first-order valence-electron chi connectivity index (χ1n) is 8.48. The first-order chi connectivity index (χ1) is 12.6. The average Bonchev–Trinajstić information content (AvgIpc) is 3.05. The summed E-state index contributed by atoms with van der Waals surface area (Å²) in [7, 11) is 0. The predicted octanol–water partition coefficient (Wildman–Crippen LogP) is 3.04. The van der Waals surface area contributed by atoms with Crippen LogP contribution in [0.4, 0.5) is 5.69 Å². The van der Waals surface area contributed by atoms with Gasteiger partial charge in [-0.1, -0.05) is 16.8 Å². The van der Waals surface area contributed by atoms with Crippen LogP contribution in [0.25, 0.3) is 22.5 Å². The Hall–Kier alpha value is -2.22. The molecule has 1 aromatic carbocycles. The van der Waals surface area contributed by atoms with Gasteiger partial charge in [0.25, 0.3) is 0 Å². The fourth-order valence-electron chi connectivity index (χ4n) is 3.49. The highest BCUT2D eigenvalue weighted by atomic mass is 35.5. The van der Waals surface area contributed by atoms with Gasteiger partial charge in [-0.15, -0.1) is 0 Å². The van der Waals surface area contributed by atoms with Crippen LogP contribution < -0.4 is 4.90 Å². The first-order valence-corrected chi connectivity index (χ1v) is 8.85. The second-order valence-corrected chi connectivity index (χ2v) is 6.88. The molecule has 8 heteroatoms. The van der Waals surface area contributed by atoms with E-state index in [1.165, 1.54) is 0 Å². The van der Waals surface area contributed by atoms with Crippen molar-refractivity contribution in [3.8, 4) is 11.5 Å². The lowest BCUT2D eigenvalue weighted by atomic mass is 10.1. The molecular weight excluding hydrogens is 356 g/mol. The number of benzene rings is 1. The number of halogens is 1. The molecule has 0 radical (unpaired) electrons. The van der Waals surface area contributed by atoms with E-state index >= 15 is 0 Å². The summed E-state index contributed by atoms with van der Waals surface area (Å²) in [6.07, 6.45) is 3.42. The van der Waals surface area contributed by atoms with E-state index in [-0.39, 0.29) is 18.8 Å². The molecule has 0 amide bonds. The Morgan fingerprint density at radius 3 is 2.58 bits per heavy atom. The van der Waals surface area contributed by atoms with Crippen molar-refractivity contribution in [2.75, 3.05) is 18.0 Å². The third-order valence-electron chi connectivity index (χ3n) is 4.44. The summed E-state index contributed by atoms with van der Waals surface area (Å²) >= 11 is 6.69. The van der Waals surface area contributed by atoms with E-state index < -0.39 is 0 Å². The third-order valence-corrected chi connectivity index (χ3v) is 4.79. The Morgan fingerprint density at radius 2 is 1.92 bits per heavy atom. The van der Waals surface area contributed by atoms with Crippen LogP contribution in [-0.2, 0) is 11.3 Å². The maximum atomic E-state index is 9.96. The molecule has 136 valence electrons. The summed E-state index contributed by atoms with van der Waals surface area (Å²) in [4.78, 5) is 10.6. The Bertz CT molecular complexity index is 921. The van der Waals surface area contributed by atoms with Crippen molar-refractivity contribution in [3.63, 3.8) is 0 Å². The second-order valence-electron chi connectivity index (χ2n) is 6.50. The van der Waals surface area contributed by atoms with Crippen LogP contribution in [0.2, 0.25) is 5.02 Å². The minimum Gasteiger partial charge on any atom is -0.392 e. The summed E-state index contributed by atoms with van der Waals surface area (Å²) in [5.41, 5.74) is 2.45. The SMILES string of the molecule is CC1CN(c2c(CO)cc3c(-c4ncccn4)noc3c2Cl)CC(C)O1. The molecule has 0 aliphatic carbocycles. The molecule has 1 fully saturated rings. The minimum atomic E-state index is -0.147. The highest BCUT2D eigenvalue weighted by Gasteiger charge is 2.28. The first kappa shape index (κ1) is 17.2. The minimum absolute atomic E-state index is 0.0695. The van der Waals surface area contributed by atoms with E-state index in [1.54, 1.807) is 18.5 Å². The number of nitrogens with zero attached hydrogens (tertiary/aromatic N) is 4. The number of aliphatic hydroxyl groups excluding tert-OH is 1. The predicted molar refractivity (Wildman–Crippen MR) is 98.2 cm³/mol. The molecule has 4 rings (SSSR count). The topological polar surface area (TPSA) is 84.5 Å². The maximum Gasteiger partial charge on any atom is 0.188 e. The van der Waals surface area contributed by atoms with Crippen molar-refractivity contribution >= 4 is 28.3 Å². The van der Waals surface area contributed by atoms with Crippen LogP contribution in [0.5, 0.6) is 0 Å². The molecule has 3 aromatic rings. The lowest BCUT2D eigenvalue weighted by Crippen LogP contribution is -2.46. The molecule has 26 heavy (non-hydrogen) atoms. The van der Waals surface area contributed by atoms with Gasteiger partial charge in [0.05, 0.1) is 29.9 Å². The second kappa shape index (κ2) is 6.83. The van der Waals surface area contributed by atoms with Crippen LogP contribution >= 0.6 is 11.6 Å². The van der Waals surface area contributed by atoms with E-state index in [2.05, 4.69) is 20.0 Å². The van der Waals surface area contributed by atoms with Crippen LogP contribution in [0.3, 0.4) is 0 Å². The van der Waals surface area contributed by atoms with Crippen molar-refractivity contribution in [1.29, 1.82) is 0 Å². The molecule has 1 N–H and O–H groups in total. The number of rotatable bonds is 3. The summed E-state index contributed by atoms with van der Waals surface area (Å²) < 4.78 is 11.3. The van der Waals surface area contributed by atoms with Crippen molar-refractivity contribution in [2.24, 2.45) is 0 Å². The zero-order chi connectivity index (χ0) is 18.3. The number of hydrogen-bond donors (Lipinski definition) is 1. The molecule has 2 unspecified atom stereocenters. The van der Waals surface area contributed by atoms with Gasteiger partial charge in [0.1, 0.15) is 5.02 Å². The Labute approximate surface area is 155 Å². The van der Waals surface area contributed by atoms with E-state index in [9.17, 15) is 5.11 Å². The lowest BCUT2D eigenvalue weighted by Gasteiger charge is -2.38. The Morgan fingerprint density at radius 1 is 1.23 bits per heavy atom. The summed E-state index contributed by atoms with van der Waals surface area (Å²) in [5, 5.41) is 15.2. The van der Waals surface area contributed by atoms with Gasteiger partial charge in [0.2, 0.25) is 0 Å². The van der Waals surface area contributed by atoms with Gasteiger partial charge < -0.3 is 19.3 Å². The fraction of sp³-hybridized carbons (Fsp3) is 0.389. The van der Waals surface area contributed by atoms with Crippen LogP contribution in [0.15, 0.2) is 29.0 Å². The van der Waals surface area contributed by atoms with Crippen LogP contribution in [0.1, 0.15) is 19.4 Å². The van der Waals surface area contributed by atoms with Gasteiger partial charge in [0, 0.05) is 31.0 Å².